The van der Waals surface area contributed by atoms with Crippen molar-refractivity contribution in [2.75, 3.05) is 6.54 Å². The molecule has 3 N–H and O–H groups in total. The minimum atomic E-state index is -0.311. The Kier molecular flexibility index (Phi) is 4.38. The zero-order valence-corrected chi connectivity index (χ0v) is 10.8. The maximum Gasteiger partial charge on any atom is 0.268 e. The molecule has 0 spiro atoms. The predicted octanol–water partition coefficient (Wildman–Crippen LogP) is 1.65. The van der Waals surface area contributed by atoms with Crippen molar-refractivity contribution in [3.8, 4) is 0 Å². The third-order valence-electron chi connectivity index (χ3n) is 3.60. The van der Waals surface area contributed by atoms with Crippen molar-refractivity contribution >= 4 is 5.91 Å². The normalized spacial score (nSPS) is 21.6. The van der Waals surface area contributed by atoms with Crippen molar-refractivity contribution in [1.29, 1.82) is 0 Å². The summed E-state index contributed by atoms with van der Waals surface area (Å²) >= 11 is 0. The van der Waals surface area contributed by atoms with Gasteiger partial charge < -0.3 is 4.42 Å². The Morgan fingerprint density at radius 3 is 3.17 bits per heavy atom. The fourth-order valence-electron chi connectivity index (χ4n) is 2.44. The maximum absolute atomic E-state index is 11.3. The van der Waals surface area contributed by atoms with Gasteiger partial charge in [0.15, 0.2) is 0 Å². The summed E-state index contributed by atoms with van der Waals surface area (Å²) in [7, 11) is 0. The number of nitrogen functional groups attached to an aromatic ring is 1. The van der Waals surface area contributed by atoms with Crippen LogP contribution < -0.4 is 11.3 Å². The zero-order chi connectivity index (χ0) is 13.0. The van der Waals surface area contributed by atoms with Crippen molar-refractivity contribution < 1.29 is 9.21 Å². The first-order chi connectivity index (χ1) is 8.70. The molecule has 0 radical (unpaired) electrons. The summed E-state index contributed by atoms with van der Waals surface area (Å²) in [5.41, 5.74) is 2.59. The minimum Gasteiger partial charge on any atom is -0.467 e. The number of hydrazine groups is 1. The average Bonchev–Trinajstić information content (AvgIpc) is 2.75. The molecule has 5 nitrogen and oxygen atoms in total. The monoisotopic (exact) mass is 251 g/mol. The van der Waals surface area contributed by atoms with E-state index in [1.165, 1.54) is 31.9 Å². The molecule has 1 aromatic heterocycles. The Labute approximate surface area is 107 Å². The molecular formula is C13H21N3O2. The molecule has 2 rings (SSSR count). The van der Waals surface area contributed by atoms with Crippen LogP contribution in [0.3, 0.4) is 0 Å². The standard InChI is InChI=1S/C13H21N3O2/c1-10-5-3-2-4-6-16(10)8-12-7-11(9-18-12)13(17)15-14/h7,9-10H,2-6,8,14H2,1H3,(H,15,17). The van der Waals surface area contributed by atoms with Crippen LogP contribution in [-0.4, -0.2) is 23.4 Å². The molecule has 1 unspecified atom stereocenters. The van der Waals surface area contributed by atoms with Gasteiger partial charge in [0.25, 0.3) is 5.91 Å². The highest BCUT2D eigenvalue weighted by Gasteiger charge is 2.19. The van der Waals surface area contributed by atoms with Crippen molar-refractivity contribution in [1.82, 2.24) is 10.3 Å². The third-order valence-corrected chi connectivity index (χ3v) is 3.60. The molecule has 1 aromatic rings. The highest BCUT2D eigenvalue weighted by molar-refractivity contribution is 5.93. The van der Waals surface area contributed by atoms with E-state index in [-0.39, 0.29) is 5.91 Å². The fourth-order valence-corrected chi connectivity index (χ4v) is 2.44. The van der Waals surface area contributed by atoms with E-state index >= 15 is 0 Å². The van der Waals surface area contributed by atoms with E-state index in [4.69, 9.17) is 10.3 Å². The van der Waals surface area contributed by atoms with Gasteiger partial charge in [-0.25, -0.2) is 5.84 Å². The molecule has 1 atom stereocenters. The molecule has 1 amide bonds. The van der Waals surface area contributed by atoms with E-state index < -0.39 is 0 Å². The van der Waals surface area contributed by atoms with Gasteiger partial charge in [-0.3, -0.25) is 15.1 Å². The van der Waals surface area contributed by atoms with E-state index in [1.54, 1.807) is 6.07 Å². The van der Waals surface area contributed by atoms with Gasteiger partial charge in [-0.15, -0.1) is 0 Å². The number of nitrogens with one attached hydrogen (secondary N) is 1. The lowest BCUT2D eigenvalue weighted by molar-refractivity contribution is 0.0953. The molecule has 1 aliphatic rings. The Morgan fingerprint density at radius 1 is 1.56 bits per heavy atom. The second-order valence-electron chi connectivity index (χ2n) is 4.94. The number of carbonyl (C=O) groups excluding carboxylic acids is 1. The second kappa shape index (κ2) is 6.02. The van der Waals surface area contributed by atoms with Crippen molar-refractivity contribution in [3.05, 3.63) is 23.7 Å². The van der Waals surface area contributed by atoms with Crippen LogP contribution in [0.25, 0.3) is 0 Å². The number of likely N-dealkylation sites (tertiary alicyclic amines) is 1. The number of nitrogens with zero attached hydrogens (tertiary/aromatic N) is 1. The Balaban J connectivity index is 1.99. The van der Waals surface area contributed by atoms with Crippen LogP contribution >= 0.6 is 0 Å². The summed E-state index contributed by atoms with van der Waals surface area (Å²) in [6.45, 7) is 4.11. The van der Waals surface area contributed by atoms with E-state index in [2.05, 4.69) is 17.2 Å². The largest absolute Gasteiger partial charge is 0.467 e. The SMILES string of the molecule is CC1CCCCCN1Cc1cc(C(=O)NN)co1. The first-order valence-corrected chi connectivity index (χ1v) is 6.53. The molecule has 0 aromatic carbocycles. The van der Waals surface area contributed by atoms with Crippen molar-refractivity contribution in [3.63, 3.8) is 0 Å². The molecule has 0 saturated carbocycles. The summed E-state index contributed by atoms with van der Waals surface area (Å²) in [5.74, 6) is 5.60. The molecule has 18 heavy (non-hydrogen) atoms. The molecular weight excluding hydrogens is 230 g/mol. The van der Waals surface area contributed by atoms with Gasteiger partial charge in [0.05, 0.1) is 12.1 Å². The summed E-state index contributed by atoms with van der Waals surface area (Å²) in [4.78, 5) is 13.7. The molecule has 0 aliphatic carbocycles. The average molecular weight is 251 g/mol. The van der Waals surface area contributed by atoms with Crippen molar-refractivity contribution in [2.45, 2.75) is 45.2 Å². The number of furan rings is 1. The van der Waals surface area contributed by atoms with Gasteiger partial charge in [0.2, 0.25) is 0 Å². The number of rotatable bonds is 3. The third kappa shape index (κ3) is 3.11. The summed E-state index contributed by atoms with van der Waals surface area (Å²) in [6, 6.07) is 2.34. The molecule has 2 heterocycles. The molecule has 1 saturated heterocycles. The number of hydrogen-bond donors (Lipinski definition) is 2. The van der Waals surface area contributed by atoms with E-state index in [0.29, 0.717) is 11.6 Å². The van der Waals surface area contributed by atoms with Crippen LogP contribution in [0.2, 0.25) is 0 Å². The fraction of sp³-hybridized carbons (Fsp3) is 0.615. The smallest absolute Gasteiger partial charge is 0.268 e. The van der Waals surface area contributed by atoms with Gasteiger partial charge in [-0.05, 0) is 32.4 Å². The lowest BCUT2D eigenvalue weighted by Crippen LogP contribution is -2.32. The molecule has 5 heteroatoms. The molecule has 100 valence electrons. The predicted molar refractivity (Wildman–Crippen MR) is 68.7 cm³/mol. The lowest BCUT2D eigenvalue weighted by Gasteiger charge is -2.25. The Hall–Kier alpha value is -1.33. The van der Waals surface area contributed by atoms with Crippen molar-refractivity contribution in [2.24, 2.45) is 5.84 Å². The highest BCUT2D eigenvalue weighted by atomic mass is 16.3. The highest BCUT2D eigenvalue weighted by Crippen LogP contribution is 2.19. The number of nitrogens with two attached hydrogens (primary N) is 1. The summed E-state index contributed by atoms with van der Waals surface area (Å²) in [6.07, 6.45) is 6.54. The van der Waals surface area contributed by atoms with Gasteiger partial charge in [0, 0.05) is 6.04 Å². The number of carbonyl (C=O) groups is 1. The van der Waals surface area contributed by atoms with Crippen LogP contribution in [-0.2, 0) is 6.54 Å². The minimum absolute atomic E-state index is 0.311. The van der Waals surface area contributed by atoms with E-state index in [1.807, 2.05) is 0 Å². The maximum atomic E-state index is 11.3. The van der Waals surface area contributed by atoms with Crippen LogP contribution in [0.1, 0.15) is 48.7 Å². The first-order valence-electron chi connectivity index (χ1n) is 6.53. The molecule has 1 aliphatic heterocycles. The van der Waals surface area contributed by atoms with Crippen LogP contribution in [0.15, 0.2) is 16.7 Å². The van der Waals surface area contributed by atoms with Crippen LogP contribution in [0.4, 0.5) is 0 Å². The Morgan fingerprint density at radius 2 is 2.39 bits per heavy atom. The Bertz CT molecular complexity index is 403. The van der Waals surface area contributed by atoms with Gasteiger partial charge in [-0.2, -0.15) is 0 Å². The zero-order valence-electron chi connectivity index (χ0n) is 10.8. The van der Waals surface area contributed by atoms with Crippen LogP contribution in [0.5, 0.6) is 0 Å². The summed E-state index contributed by atoms with van der Waals surface area (Å²) < 4.78 is 5.42. The molecule has 0 bridgehead atoms. The first kappa shape index (κ1) is 13.1. The van der Waals surface area contributed by atoms with Gasteiger partial charge >= 0.3 is 0 Å². The number of hydrogen-bond acceptors (Lipinski definition) is 4. The lowest BCUT2D eigenvalue weighted by atomic mass is 10.1. The van der Waals surface area contributed by atoms with Gasteiger partial charge in [-0.1, -0.05) is 12.8 Å². The van der Waals surface area contributed by atoms with E-state index in [9.17, 15) is 4.79 Å². The van der Waals surface area contributed by atoms with Gasteiger partial charge in [0.1, 0.15) is 12.0 Å². The number of amides is 1. The summed E-state index contributed by atoms with van der Waals surface area (Å²) in [5, 5.41) is 0. The second-order valence-corrected chi connectivity index (χ2v) is 4.94. The molecule has 1 fully saturated rings. The topological polar surface area (TPSA) is 71.5 Å². The quantitative estimate of drug-likeness (QED) is 0.487. The van der Waals surface area contributed by atoms with Crippen LogP contribution in [0, 0.1) is 0 Å². The van der Waals surface area contributed by atoms with E-state index in [0.717, 1.165) is 18.8 Å².